The molecule has 6 nitrogen and oxygen atoms in total. The third-order valence-corrected chi connectivity index (χ3v) is 4.34. The Bertz CT molecular complexity index is 854. The van der Waals surface area contributed by atoms with Crippen LogP contribution in [0.4, 0.5) is 14.5 Å². The maximum atomic E-state index is 13.7. The van der Waals surface area contributed by atoms with Gasteiger partial charge in [-0.05, 0) is 23.8 Å². The molecule has 3 rings (SSSR count). The number of hydrogen-bond donors (Lipinski definition) is 2. The molecule has 0 bridgehead atoms. The number of nitrogens with zero attached hydrogens (tertiary/aromatic N) is 2. The van der Waals surface area contributed by atoms with Crippen molar-refractivity contribution >= 4 is 21.7 Å². The van der Waals surface area contributed by atoms with Gasteiger partial charge in [-0.15, -0.1) is 0 Å². The summed E-state index contributed by atoms with van der Waals surface area (Å²) in [6.45, 7) is 0.181. The summed E-state index contributed by atoms with van der Waals surface area (Å²) in [5, 5.41) is 2.57. The van der Waals surface area contributed by atoms with Crippen LogP contribution in [0.3, 0.4) is 0 Å². The summed E-state index contributed by atoms with van der Waals surface area (Å²) in [6, 6.07) is 4.85. The largest absolute Gasteiger partial charge is 0.324 e. The Balaban J connectivity index is 1.95. The van der Waals surface area contributed by atoms with Crippen molar-refractivity contribution in [1.82, 2.24) is 9.71 Å². The molecule has 2 N–H and O–H groups in total. The minimum Gasteiger partial charge on any atom is -0.324 e. The fourth-order valence-corrected chi connectivity index (χ4v) is 3.18. The number of rotatable bonds is 2. The van der Waals surface area contributed by atoms with Crippen LogP contribution in [0.5, 0.6) is 0 Å². The molecule has 0 aliphatic carbocycles. The van der Waals surface area contributed by atoms with Crippen molar-refractivity contribution in [2.45, 2.75) is 11.4 Å². The van der Waals surface area contributed by atoms with Gasteiger partial charge in [0, 0.05) is 18.5 Å². The molecule has 0 spiro atoms. The number of guanidine groups is 1. The summed E-state index contributed by atoms with van der Waals surface area (Å²) in [6.07, 6.45) is 3.15. The second-order valence-electron chi connectivity index (χ2n) is 4.52. The Labute approximate surface area is 125 Å². The molecule has 22 heavy (non-hydrogen) atoms. The van der Waals surface area contributed by atoms with Crippen LogP contribution in [-0.4, -0.2) is 19.4 Å². The monoisotopic (exact) mass is 324 g/mol. The first kappa shape index (κ1) is 14.4. The van der Waals surface area contributed by atoms with E-state index < -0.39 is 26.6 Å². The Hall–Kier alpha value is -2.55. The molecule has 0 unspecified atom stereocenters. The molecule has 114 valence electrons. The highest BCUT2D eigenvalue weighted by molar-refractivity contribution is 7.90. The minimum absolute atomic E-state index is 0.102. The molecule has 2 aromatic rings. The van der Waals surface area contributed by atoms with Gasteiger partial charge in [-0.1, -0.05) is 0 Å². The summed E-state index contributed by atoms with van der Waals surface area (Å²) in [4.78, 5) is 7.28. The molecule has 1 aliphatic rings. The van der Waals surface area contributed by atoms with Crippen LogP contribution in [0.15, 0.2) is 46.5 Å². The average Bonchev–Trinajstić information content (AvgIpc) is 2.44. The number of hydrogen-bond acceptors (Lipinski definition) is 4. The zero-order valence-electron chi connectivity index (χ0n) is 11.0. The van der Waals surface area contributed by atoms with Gasteiger partial charge in [-0.2, -0.15) is 0 Å². The number of aliphatic imine (C=N–C) groups is 1. The van der Waals surface area contributed by atoms with Gasteiger partial charge in [0.1, 0.15) is 16.5 Å². The molecule has 0 amide bonds. The van der Waals surface area contributed by atoms with Crippen molar-refractivity contribution in [2.75, 3.05) is 5.32 Å². The molecule has 2 heterocycles. The molecular formula is C13H10F2N4O2S. The number of fused-ring (bicyclic) bond motifs is 1. The van der Waals surface area contributed by atoms with Crippen LogP contribution in [0, 0.1) is 11.6 Å². The minimum atomic E-state index is -4.14. The molecule has 1 aromatic carbocycles. The van der Waals surface area contributed by atoms with Crippen molar-refractivity contribution in [3.8, 4) is 0 Å². The number of nitrogens with one attached hydrogen (secondary N) is 2. The van der Waals surface area contributed by atoms with Crippen LogP contribution in [0.2, 0.25) is 0 Å². The van der Waals surface area contributed by atoms with E-state index in [0.29, 0.717) is 6.07 Å². The second kappa shape index (κ2) is 5.34. The Morgan fingerprint density at radius 3 is 2.64 bits per heavy atom. The lowest BCUT2D eigenvalue weighted by Crippen LogP contribution is -2.41. The van der Waals surface area contributed by atoms with E-state index in [2.05, 4.69) is 20.0 Å². The summed E-state index contributed by atoms with van der Waals surface area (Å²) in [5.74, 6) is -2.15. The zero-order valence-corrected chi connectivity index (χ0v) is 11.9. The van der Waals surface area contributed by atoms with E-state index in [1.165, 1.54) is 0 Å². The van der Waals surface area contributed by atoms with Crippen LogP contribution < -0.4 is 10.0 Å². The van der Waals surface area contributed by atoms with Gasteiger partial charge in [0.2, 0.25) is 5.96 Å². The van der Waals surface area contributed by atoms with E-state index in [0.717, 1.165) is 11.6 Å². The van der Waals surface area contributed by atoms with Gasteiger partial charge in [0.25, 0.3) is 10.0 Å². The number of anilines is 1. The van der Waals surface area contributed by atoms with E-state index in [4.69, 9.17) is 0 Å². The van der Waals surface area contributed by atoms with E-state index in [-0.39, 0.29) is 18.2 Å². The van der Waals surface area contributed by atoms with E-state index >= 15 is 0 Å². The highest BCUT2D eigenvalue weighted by Gasteiger charge is 2.30. The van der Waals surface area contributed by atoms with Gasteiger partial charge < -0.3 is 5.32 Å². The lowest BCUT2D eigenvalue weighted by Gasteiger charge is -2.21. The normalized spacial score (nSPS) is 17.5. The molecule has 0 saturated carbocycles. The number of aromatic nitrogens is 1. The smallest absolute Gasteiger partial charge is 0.269 e. The third-order valence-electron chi connectivity index (χ3n) is 2.93. The summed E-state index contributed by atoms with van der Waals surface area (Å²) in [5.41, 5.74) is 0.615. The zero-order chi connectivity index (χ0) is 15.7. The first-order valence-electron chi connectivity index (χ1n) is 6.18. The Morgan fingerprint density at radius 2 is 1.91 bits per heavy atom. The first-order valence-corrected chi connectivity index (χ1v) is 7.66. The molecular weight excluding hydrogens is 314 g/mol. The fraction of sp³-hybridized carbons (Fsp3) is 0.0769. The van der Waals surface area contributed by atoms with Crippen LogP contribution in [0.25, 0.3) is 0 Å². The highest BCUT2D eigenvalue weighted by atomic mass is 32.2. The van der Waals surface area contributed by atoms with Gasteiger partial charge >= 0.3 is 0 Å². The molecule has 1 aliphatic heterocycles. The van der Waals surface area contributed by atoms with Gasteiger partial charge in [-0.25, -0.2) is 26.9 Å². The van der Waals surface area contributed by atoms with Crippen LogP contribution >= 0.6 is 0 Å². The second-order valence-corrected chi connectivity index (χ2v) is 6.13. The van der Waals surface area contributed by atoms with Crippen molar-refractivity contribution in [3.63, 3.8) is 0 Å². The molecule has 0 radical (unpaired) electrons. The summed E-state index contributed by atoms with van der Waals surface area (Å²) < 4.78 is 53.1. The predicted octanol–water partition coefficient (Wildman–Crippen LogP) is 1.62. The number of sulfonamides is 1. The van der Waals surface area contributed by atoms with Crippen LogP contribution in [-0.2, 0) is 16.6 Å². The van der Waals surface area contributed by atoms with Crippen molar-refractivity contribution < 1.29 is 17.2 Å². The fourth-order valence-electron chi connectivity index (χ4n) is 1.99. The summed E-state index contributed by atoms with van der Waals surface area (Å²) >= 11 is 0. The SMILES string of the molecule is O=S1(=O)NC(=NCc2ccncc2)Nc2cc(F)cc(F)c21. The lowest BCUT2D eigenvalue weighted by molar-refractivity contribution is 0.548. The third kappa shape index (κ3) is 2.75. The maximum Gasteiger partial charge on any atom is 0.269 e. The molecule has 0 fully saturated rings. The summed E-state index contributed by atoms with van der Waals surface area (Å²) in [7, 11) is -4.14. The van der Waals surface area contributed by atoms with Crippen molar-refractivity contribution in [1.29, 1.82) is 0 Å². The van der Waals surface area contributed by atoms with E-state index in [1.807, 2.05) is 0 Å². The number of halogens is 2. The van der Waals surface area contributed by atoms with Gasteiger partial charge in [-0.3, -0.25) is 4.98 Å². The Kier molecular flexibility index (Phi) is 3.49. The molecule has 9 heteroatoms. The highest BCUT2D eigenvalue weighted by Crippen LogP contribution is 2.28. The predicted molar refractivity (Wildman–Crippen MR) is 75.7 cm³/mol. The lowest BCUT2D eigenvalue weighted by atomic mass is 10.3. The number of pyridine rings is 1. The number of benzene rings is 1. The molecule has 1 aromatic heterocycles. The average molecular weight is 324 g/mol. The maximum absolute atomic E-state index is 13.7. The van der Waals surface area contributed by atoms with Crippen LogP contribution in [0.1, 0.15) is 5.56 Å². The van der Waals surface area contributed by atoms with Gasteiger partial charge in [0.05, 0.1) is 12.2 Å². The standard InChI is InChI=1S/C13H10F2N4O2S/c14-9-5-10(15)12-11(6-9)18-13(19-22(12,20)21)17-7-8-1-3-16-4-2-8/h1-6H,7H2,(H2,17,18,19). The first-order chi connectivity index (χ1) is 10.5. The van der Waals surface area contributed by atoms with Crippen molar-refractivity contribution in [2.24, 2.45) is 4.99 Å². The van der Waals surface area contributed by atoms with Gasteiger partial charge in [0.15, 0.2) is 0 Å². The Morgan fingerprint density at radius 1 is 1.18 bits per heavy atom. The topological polar surface area (TPSA) is 83.5 Å². The van der Waals surface area contributed by atoms with E-state index in [9.17, 15) is 17.2 Å². The van der Waals surface area contributed by atoms with E-state index in [1.54, 1.807) is 24.5 Å². The molecule has 0 saturated heterocycles. The molecule has 0 atom stereocenters. The van der Waals surface area contributed by atoms with Crippen molar-refractivity contribution in [3.05, 3.63) is 53.9 Å². The quantitative estimate of drug-likeness (QED) is 0.879.